The number of benzene rings is 2. The number of ether oxygens (including phenoxy) is 1. The zero-order valence-corrected chi connectivity index (χ0v) is 12.4. The summed E-state index contributed by atoms with van der Waals surface area (Å²) >= 11 is 0. The summed E-state index contributed by atoms with van der Waals surface area (Å²) in [6, 6.07) is 12.1. The monoisotopic (exact) mass is 299 g/mol. The summed E-state index contributed by atoms with van der Waals surface area (Å²) < 4.78 is 5.37. The first-order valence-corrected chi connectivity index (χ1v) is 6.79. The fourth-order valence-corrected chi connectivity index (χ4v) is 1.92. The number of carbonyl (C=O) groups is 2. The standard InChI is InChI=1S/C17H17NO4/c1-11-3-6-13(7-4-11)22-10-16(19)18-15-9-12(2)5-8-14(15)17(20)21/h3-9H,10H2,1-2H3,(H,18,19)(H,20,21). The average molecular weight is 299 g/mol. The van der Waals surface area contributed by atoms with Crippen molar-refractivity contribution < 1.29 is 19.4 Å². The third-order valence-electron chi connectivity index (χ3n) is 3.07. The number of carboxylic acid groups (broad SMARTS) is 1. The lowest BCUT2D eigenvalue weighted by molar-refractivity contribution is -0.118. The second-order valence-electron chi connectivity index (χ2n) is 5.00. The van der Waals surface area contributed by atoms with Gasteiger partial charge in [-0.1, -0.05) is 23.8 Å². The van der Waals surface area contributed by atoms with Gasteiger partial charge in [0.15, 0.2) is 6.61 Å². The van der Waals surface area contributed by atoms with Crippen molar-refractivity contribution in [1.29, 1.82) is 0 Å². The van der Waals surface area contributed by atoms with Crippen molar-refractivity contribution in [3.05, 3.63) is 59.2 Å². The molecule has 22 heavy (non-hydrogen) atoms. The molecular formula is C17H17NO4. The number of hydrogen-bond donors (Lipinski definition) is 2. The van der Waals surface area contributed by atoms with E-state index < -0.39 is 11.9 Å². The normalized spacial score (nSPS) is 10.1. The van der Waals surface area contributed by atoms with Gasteiger partial charge in [-0.05, 0) is 43.7 Å². The molecule has 0 aliphatic rings. The Hall–Kier alpha value is -2.82. The molecule has 2 aromatic rings. The molecular weight excluding hydrogens is 282 g/mol. The maximum Gasteiger partial charge on any atom is 0.337 e. The SMILES string of the molecule is Cc1ccc(OCC(=O)Nc2cc(C)ccc2C(=O)O)cc1. The number of carbonyl (C=O) groups excluding carboxylic acids is 1. The molecule has 0 fully saturated rings. The highest BCUT2D eigenvalue weighted by atomic mass is 16.5. The molecule has 5 heteroatoms. The Bertz CT molecular complexity index is 692. The zero-order valence-electron chi connectivity index (χ0n) is 12.4. The van der Waals surface area contributed by atoms with E-state index in [0.717, 1.165) is 11.1 Å². The summed E-state index contributed by atoms with van der Waals surface area (Å²) in [4.78, 5) is 23.1. The first-order chi connectivity index (χ1) is 10.5. The van der Waals surface area contributed by atoms with Crippen molar-refractivity contribution in [2.24, 2.45) is 0 Å². The molecule has 0 bridgehead atoms. The van der Waals surface area contributed by atoms with Crippen molar-refractivity contribution in [3.63, 3.8) is 0 Å². The average Bonchev–Trinajstić information content (AvgIpc) is 2.46. The van der Waals surface area contributed by atoms with E-state index in [1.54, 1.807) is 24.3 Å². The Morgan fingerprint density at radius 1 is 1.05 bits per heavy atom. The van der Waals surface area contributed by atoms with Gasteiger partial charge in [-0.15, -0.1) is 0 Å². The Morgan fingerprint density at radius 2 is 1.68 bits per heavy atom. The van der Waals surface area contributed by atoms with Crippen molar-refractivity contribution in [2.75, 3.05) is 11.9 Å². The van der Waals surface area contributed by atoms with Crippen LogP contribution >= 0.6 is 0 Å². The van der Waals surface area contributed by atoms with Crippen LogP contribution in [0, 0.1) is 13.8 Å². The van der Waals surface area contributed by atoms with Gasteiger partial charge < -0.3 is 15.2 Å². The van der Waals surface area contributed by atoms with Crippen LogP contribution in [-0.2, 0) is 4.79 Å². The third-order valence-corrected chi connectivity index (χ3v) is 3.07. The molecule has 0 radical (unpaired) electrons. The highest BCUT2D eigenvalue weighted by Crippen LogP contribution is 2.18. The van der Waals surface area contributed by atoms with Crippen LogP contribution in [0.5, 0.6) is 5.75 Å². The predicted octanol–water partition coefficient (Wildman–Crippen LogP) is 3.02. The van der Waals surface area contributed by atoms with Gasteiger partial charge in [0.25, 0.3) is 5.91 Å². The number of anilines is 1. The van der Waals surface area contributed by atoms with Crippen LogP contribution in [0.3, 0.4) is 0 Å². The number of carboxylic acids is 1. The van der Waals surface area contributed by atoms with Crippen LogP contribution in [0.15, 0.2) is 42.5 Å². The van der Waals surface area contributed by atoms with Gasteiger partial charge in [0.2, 0.25) is 0 Å². The second-order valence-corrected chi connectivity index (χ2v) is 5.00. The van der Waals surface area contributed by atoms with E-state index in [1.165, 1.54) is 6.07 Å². The molecule has 0 spiro atoms. The summed E-state index contributed by atoms with van der Waals surface area (Å²) in [5.74, 6) is -0.910. The van der Waals surface area contributed by atoms with E-state index in [9.17, 15) is 9.59 Å². The van der Waals surface area contributed by atoms with E-state index in [4.69, 9.17) is 9.84 Å². The van der Waals surface area contributed by atoms with Crippen LogP contribution in [-0.4, -0.2) is 23.6 Å². The number of rotatable bonds is 5. The van der Waals surface area contributed by atoms with E-state index >= 15 is 0 Å². The topological polar surface area (TPSA) is 75.6 Å². The van der Waals surface area contributed by atoms with Crippen LogP contribution in [0.2, 0.25) is 0 Å². The molecule has 0 heterocycles. The van der Waals surface area contributed by atoms with E-state index in [2.05, 4.69) is 5.32 Å². The predicted molar refractivity (Wildman–Crippen MR) is 83.4 cm³/mol. The third kappa shape index (κ3) is 4.09. The molecule has 1 amide bonds. The largest absolute Gasteiger partial charge is 0.484 e. The van der Waals surface area contributed by atoms with Crippen LogP contribution in [0.25, 0.3) is 0 Å². The summed E-state index contributed by atoms with van der Waals surface area (Å²) in [6.45, 7) is 3.60. The second kappa shape index (κ2) is 6.76. The number of nitrogens with one attached hydrogen (secondary N) is 1. The number of aryl methyl sites for hydroxylation is 2. The molecule has 0 aliphatic carbocycles. The lowest BCUT2D eigenvalue weighted by Gasteiger charge is -2.10. The van der Waals surface area contributed by atoms with Crippen molar-refractivity contribution >= 4 is 17.6 Å². The molecule has 2 aromatic carbocycles. The minimum Gasteiger partial charge on any atom is -0.484 e. The van der Waals surface area contributed by atoms with Gasteiger partial charge in [-0.3, -0.25) is 4.79 Å². The van der Waals surface area contributed by atoms with E-state index in [-0.39, 0.29) is 17.9 Å². The van der Waals surface area contributed by atoms with E-state index in [1.807, 2.05) is 26.0 Å². The van der Waals surface area contributed by atoms with Gasteiger partial charge >= 0.3 is 5.97 Å². The van der Waals surface area contributed by atoms with Crippen LogP contribution in [0.4, 0.5) is 5.69 Å². The lowest BCUT2D eigenvalue weighted by atomic mass is 10.1. The fourth-order valence-electron chi connectivity index (χ4n) is 1.92. The summed E-state index contributed by atoms with van der Waals surface area (Å²) in [5.41, 5.74) is 2.28. The van der Waals surface area contributed by atoms with Crippen molar-refractivity contribution in [1.82, 2.24) is 0 Å². The highest BCUT2D eigenvalue weighted by molar-refractivity contribution is 6.01. The quantitative estimate of drug-likeness (QED) is 0.890. The Kier molecular flexibility index (Phi) is 4.78. The minimum atomic E-state index is -1.09. The molecule has 0 unspecified atom stereocenters. The first-order valence-electron chi connectivity index (χ1n) is 6.79. The Balaban J connectivity index is 2.01. The fraction of sp³-hybridized carbons (Fsp3) is 0.176. The Labute approximate surface area is 128 Å². The van der Waals surface area contributed by atoms with Crippen LogP contribution < -0.4 is 10.1 Å². The molecule has 0 aliphatic heterocycles. The molecule has 0 saturated carbocycles. The number of amides is 1. The molecule has 114 valence electrons. The number of hydrogen-bond acceptors (Lipinski definition) is 3. The summed E-state index contributed by atoms with van der Waals surface area (Å²) in [7, 11) is 0. The molecule has 0 aromatic heterocycles. The van der Waals surface area contributed by atoms with Gasteiger partial charge in [0, 0.05) is 0 Å². The summed E-state index contributed by atoms with van der Waals surface area (Å²) in [5, 5.41) is 11.7. The molecule has 0 atom stereocenters. The van der Waals surface area contributed by atoms with Gasteiger partial charge in [0.1, 0.15) is 5.75 Å². The number of aromatic carboxylic acids is 1. The summed E-state index contributed by atoms with van der Waals surface area (Å²) in [6.07, 6.45) is 0. The maximum atomic E-state index is 11.9. The van der Waals surface area contributed by atoms with Crippen molar-refractivity contribution in [2.45, 2.75) is 13.8 Å². The van der Waals surface area contributed by atoms with Gasteiger partial charge in [-0.25, -0.2) is 4.79 Å². The zero-order chi connectivity index (χ0) is 16.1. The molecule has 5 nitrogen and oxygen atoms in total. The molecule has 0 saturated heterocycles. The highest BCUT2D eigenvalue weighted by Gasteiger charge is 2.13. The smallest absolute Gasteiger partial charge is 0.337 e. The maximum absolute atomic E-state index is 11.9. The minimum absolute atomic E-state index is 0.0503. The van der Waals surface area contributed by atoms with E-state index in [0.29, 0.717) is 5.75 Å². The molecule has 2 N–H and O–H groups in total. The first kappa shape index (κ1) is 15.6. The van der Waals surface area contributed by atoms with Crippen molar-refractivity contribution in [3.8, 4) is 5.75 Å². The van der Waals surface area contributed by atoms with Gasteiger partial charge in [0.05, 0.1) is 11.3 Å². The van der Waals surface area contributed by atoms with Gasteiger partial charge in [-0.2, -0.15) is 0 Å². The lowest BCUT2D eigenvalue weighted by Crippen LogP contribution is -2.21. The molecule has 2 rings (SSSR count). The van der Waals surface area contributed by atoms with Crippen LogP contribution in [0.1, 0.15) is 21.5 Å². The Morgan fingerprint density at radius 3 is 2.32 bits per heavy atom.